The fourth-order valence-electron chi connectivity index (χ4n) is 7.60. The van der Waals surface area contributed by atoms with Gasteiger partial charge in [-0.2, -0.15) is 0 Å². The molecule has 326 valence electrons. The summed E-state index contributed by atoms with van der Waals surface area (Å²) in [5.41, 5.74) is 0. The Bertz CT molecular complexity index is 832. The molecule has 55 heavy (non-hydrogen) atoms. The van der Waals surface area contributed by atoms with Gasteiger partial charge in [0.05, 0.1) is 25.2 Å². The van der Waals surface area contributed by atoms with E-state index in [0.29, 0.717) is 19.3 Å². The minimum absolute atomic E-state index is 0.0799. The van der Waals surface area contributed by atoms with E-state index in [1.54, 1.807) is 0 Å². The number of carbonyl (C=O) groups is 2. The van der Waals surface area contributed by atoms with Gasteiger partial charge in [0.15, 0.2) is 0 Å². The van der Waals surface area contributed by atoms with Gasteiger partial charge in [0.1, 0.15) is 6.10 Å². The summed E-state index contributed by atoms with van der Waals surface area (Å²) in [7, 11) is 0. The van der Waals surface area contributed by atoms with Gasteiger partial charge < -0.3 is 20.3 Å². The number of allylic oxidation sites excluding steroid dienone is 2. The van der Waals surface area contributed by atoms with Gasteiger partial charge >= 0.3 is 5.97 Å². The van der Waals surface area contributed by atoms with Crippen LogP contribution in [-0.2, 0) is 14.3 Å². The number of carbonyl (C=O) groups excluding carboxylic acids is 2. The zero-order valence-electron chi connectivity index (χ0n) is 37.1. The molecular weight excluding hydrogens is 683 g/mol. The van der Waals surface area contributed by atoms with Crippen LogP contribution in [0, 0.1) is 0 Å². The molecule has 0 heterocycles. The lowest BCUT2D eigenvalue weighted by atomic mass is 10.0. The van der Waals surface area contributed by atoms with Gasteiger partial charge in [-0.05, 0) is 51.4 Å². The summed E-state index contributed by atoms with van der Waals surface area (Å²) < 4.78 is 5.90. The van der Waals surface area contributed by atoms with Crippen molar-refractivity contribution in [3.05, 3.63) is 12.2 Å². The lowest BCUT2D eigenvalue weighted by Crippen LogP contribution is -2.46. The molecule has 3 N–H and O–H groups in total. The molecule has 0 aromatic carbocycles. The summed E-state index contributed by atoms with van der Waals surface area (Å²) in [5, 5.41) is 23.6. The summed E-state index contributed by atoms with van der Waals surface area (Å²) in [6, 6.07) is -0.694. The molecule has 0 spiro atoms. The van der Waals surface area contributed by atoms with Crippen molar-refractivity contribution < 1.29 is 24.5 Å². The zero-order chi connectivity index (χ0) is 40.3. The van der Waals surface area contributed by atoms with Gasteiger partial charge in [0, 0.05) is 6.42 Å². The molecule has 0 aliphatic rings. The quantitative estimate of drug-likeness (QED) is 0.0325. The Morgan fingerprint density at radius 3 is 1.29 bits per heavy atom. The summed E-state index contributed by atoms with van der Waals surface area (Å²) in [4.78, 5) is 26.0. The van der Waals surface area contributed by atoms with E-state index in [-0.39, 0.29) is 24.9 Å². The number of rotatable bonds is 44. The minimum Gasteiger partial charge on any atom is -0.462 e. The van der Waals surface area contributed by atoms with Crippen LogP contribution in [0.25, 0.3) is 0 Å². The minimum atomic E-state index is -0.781. The van der Waals surface area contributed by atoms with Crippen molar-refractivity contribution in [3.8, 4) is 0 Å². The van der Waals surface area contributed by atoms with E-state index < -0.39 is 18.2 Å². The number of ether oxygens (including phenoxy) is 1. The van der Waals surface area contributed by atoms with Crippen LogP contribution in [0.15, 0.2) is 12.2 Å². The molecule has 0 fully saturated rings. The Labute approximate surface area is 342 Å². The molecule has 0 rings (SSSR count). The van der Waals surface area contributed by atoms with Crippen molar-refractivity contribution in [2.75, 3.05) is 6.61 Å². The molecule has 0 aromatic heterocycles. The highest BCUT2D eigenvalue weighted by atomic mass is 16.5. The SMILES string of the molecule is CCCCCCCCC/C=C/CCCCCCCC(=O)OC(CCCCCCCCCC)CC(=O)NC(CO)C(O)CCCCCCCCCCCCCC. The smallest absolute Gasteiger partial charge is 0.306 e. The zero-order valence-corrected chi connectivity index (χ0v) is 37.1. The van der Waals surface area contributed by atoms with E-state index in [1.807, 2.05) is 0 Å². The summed E-state index contributed by atoms with van der Waals surface area (Å²) in [5.74, 6) is -0.474. The summed E-state index contributed by atoms with van der Waals surface area (Å²) >= 11 is 0. The maximum Gasteiger partial charge on any atom is 0.306 e. The first-order chi connectivity index (χ1) is 27.0. The lowest BCUT2D eigenvalue weighted by Gasteiger charge is -2.24. The van der Waals surface area contributed by atoms with Gasteiger partial charge in [0.25, 0.3) is 0 Å². The second-order valence-corrected chi connectivity index (χ2v) is 16.9. The van der Waals surface area contributed by atoms with Crippen LogP contribution in [0.5, 0.6) is 0 Å². The molecule has 3 unspecified atom stereocenters. The van der Waals surface area contributed by atoms with E-state index in [0.717, 1.165) is 51.4 Å². The maximum atomic E-state index is 13.1. The standard InChI is InChI=1S/C49H95NO5/c1-4-7-10-13-16-19-21-23-24-25-26-28-30-33-36-39-42-49(54)55-45(40-37-34-31-18-15-12-9-6-3)43-48(53)50-46(44-51)47(52)41-38-35-32-29-27-22-20-17-14-11-8-5-2/h24-25,45-47,51-52H,4-23,26-44H2,1-3H3,(H,50,53)/b25-24+. The van der Waals surface area contributed by atoms with Gasteiger partial charge in [-0.25, -0.2) is 0 Å². The average molecular weight is 778 g/mol. The summed E-state index contributed by atoms with van der Waals surface area (Å²) in [6.45, 7) is 6.46. The third-order valence-electron chi connectivity index (χ3n) is 11.3. The van der Waals surface area contributed by atoms with Crippen LogP contribution in [0.2, 0.25) is 0 Å². The van der Waals surface area contributed by atoms with Crippen molar-refractivity contribution in [1.82, 2.24) is 5.32 Å². The Morgan fingerprint density at radius 2 is 0.873 bits per heavy atom. The number of esters is 1. The number of hydrogen-bond donors (Lipinski definition) is 3. The number of amides is 1. The second-order valence-electron chi connectivity index (χ2n) is 16.9. The van der Waals surface area contributed by atoms with Crippen LogP contribution in [-0.4, -0.2) is 46.9 Å². The molecule has 0 saturated heterocycles. The van der Waals surface area contributed by atoms with E-state index in [1.165, 1.54) is 167 Å². The van der Waals surface area contributed by atoms with Crippen molar-refractivity contribution in [3.63, 3.8) is 0 Å². The van der Waals surface area contributed by atoms with Crippen LogP contribution in [0.1, 0.15) is 265 Å². The average Bonchev–Trinajstić information content (AvgIpc) is 3.18. The maximum absolute atomic E-state index is 13.1. The number of aliphatic hydroxyl groups is 2. The van der Waals surface area contributed by atoms with E-state index in [2.05, 4.69) is 38.2 Å². The Hall–Kier alpha value is -1.40. The third kappa shape index (κ3) is 39.2. The summed E-state index contributed by atoms with van der Waals surface area (Å²) in [6.07, 6.45) is 47.0. The molecule has 0 aromatic rings. The molecule has 0 aliphatic heterocycles. The molecule has 1 amide bonds. The van der Waals surface area contributed by atoms with Crippen molar-refractivity contribution in [2.24, 2.45) is 0 Å². The lowest BCUT2D eigenvalue weighted by molar-refractivity contribution is -0.151. The second kappa shape index (κ2) is 43.7. The molecule has 3 atom stereocenters. The van der Waals surface area contributed by atoms with Gasteiger partial charge in [-0.3, -0.25) is 9.59 Å². The molecule has 6 nitrogen and oxygen atoms in total. The highest BCUT2D eigenvalue weighted by Crippen LogP contribution is 2.18. The first-order valence-electron chi connectivity index (χ1n) is 24.4. The van der Waals surface area contributed by atoms with Gasteiger partial charge in [0.2, 0.25) is 5.91 Å². The van der Waals surface area contributed by atoms with Gasteiger partial charge in [-0.15, -0.1) is 0 Å². The molecule has 0 radical (unpaired) electrons. The molecule has 0 saturated carbocycles. The number of aliphatic hydroxyl groups excluding tert-OH is 2. The predicted octanol–water partition coefficient (Wildman–Crippen LogP) is 14.2. The topological polar surface area (TPSA) is 95.9 Å². The Kier molecular flexibility index (Phi) is 42.6. The first kappa shape index (κ1) is 53.6. The Morgan fingerprint density at radius 1 is 0.509 bits per heavy atom. The van der Waals surface area contributed by atoms with Crippen molar-refractivity contribution >= 4 is 11.9 Å². The van der Waals surface area contributed by atoms with Crippen molar-refractivity contribution in [2.45, 2.75) is 283 Å². The number of unbranched alkanes of at least 4 members (excludes halogenated alkanes) is 30. The van der Waals surface area contributed by atoms with Crippen LogP contribution in [0.3, 0.4) is 0 Å². The first-order valence-corrected chi connectivity index (χ1v) is 24.4. The van der Waals surface area contributed by atoms with Crippen LogP contribution < -0.4 is 5.32 Å². The van der Waals surface area contributed by atoms with E-state index in [9.17, 15) is 19.8 Å². The highest BCUT2D eigenvalue weighted by Gasteiger charge is 2.24. The monoisotopic (exact) mass is 778 g/mol. The predicted molar refractivity (Wildman–Crippen MR) is 237 cm³/mol. The number of nitrogens with one attached hydrogen (secondary N) is 1. The molecule has 6 heteroatoms. The normalized spacial score (nSPS) is 13.3. The molecule has 0 bridgehead atoms. The molecular formula is C49H95NO5. The fourth-order valence-corrected chi connectivity index (χ4v) is 7.60. The number of hydrogen-bond acceptors (Lipinski definition) is 5. The highest BCUT2D eigenvalue weighted by molar-refractivity contribution is 5.77. The molecule has 0 aliphatic carbocycles. The Balaban J connectivity index is 4.43. The van der Waals surface area contributed by atoms with Crippen LogP contribution >= 0.6 is 0 Å². The van der Waals surface area contributed by atoms with Crippen molar-refractivity contribution in [1.29, 1.82) is 0 Å². The van der Waals surface area contributed by atoms with E-state index >= 15 is 0 Å². The van der Waals surface area contributed by atoms with Gasteiger partial charge in [-0.1, -0.05) is 213 Å². The van der Waals surface area contributed by atoms with E-state index in [4.69, 9.17) is 4.74 Å². The fraction of sp³-hybridized carbons (Fsp3) is 0.918. The van der Waals surface area contributed by atoms with Crippen LogP contribution in [0.4, 0.5) is 0 Å². The largest absolute Gasteiger partial charge is 0.462 e. The third-order valence-corrected chi connectivity index (χ3v) is 11.3.